The van der Waals surface area contributed by atoms with Gasteiger partial charge in [-0.2, -0.15) is 0 Å². The third-order valence-corrected chi connectivity index (χ3v) is 12.2. The van der Waals surface area contributed by atoms with E-state index in [1.54, 1.807) is 0 Å². The minimum atomic E-state index is -0.521. The van der Waals surface area contributed by atoms with Gasteiger partial charge in [0.05, 0.1) is 46.2 Å². The highest BCUT2D eigenvalue weighted by Crippen LogP contribution is 2.22. The molecule has 0 spiro atoms. The van der Waals surface area contributed by atoms with E-state index in [4.69, 9.17) is 28.8 Å². The van der Waals surface area contributed by atoms with Crippen LogP contribution >= 0.6 is 0 Å². The van der Waals surface area contributed by atoms with E-state index in [0.29, 0.717) is 51.5 Å². The predicted octanol–water partition coefficient (Wildman–Crippen LogP) is 15.2. The second-order valence-electron chi connectivity index (χ2n) is 18.1. The lowest BCUT2D eigenvalue weighted by Gasteiger charge is -2.22. The van der Waals surface area contributed by atoms with Gasteiger partial charge in [0.2, 0.25) is 0 Å². The van der Waals surface area contributed by atoms with E-state index in [1.807, 2.05) is 0 Å². The minimum Gasteiger partial charge on any atom is -0.434 e. The van der Waals surface area contributed by atoms with Gasteiger partial charge in [0.25, 0.3) is 0 Å². The van der Waals surface area contributed by atoms with Crippen molar-refractivity contribution in [3.05, 3.63) is 0 Å². The monoisotopic (exact) mass is 870 g/mol. The Hall–Kier alpha value is -1.58. The molecule has 364 valence electrons. The maximum Gasteiger partial charge on any atom is 0.508 e. The van der Waals surface area contributed by atoms with Crippen LogP contribution in [0.1, 0.15) is 246 Å². The van der Waals surface area contributed by atoms with Crippen LogP contribution in [0.25, 0.3) is 0 Å². The number of ether oxygens (including phenoxy) is 5. The van der Waals surface area contributed by atoms with E-state index >= 15 is 0 Å². The van der Waals surface area contributed by atoms with Crippen molar-refractivity contribution in [2.45, 2.75) is 246 Å². The first-order chi connectivity index (χ1) is 30.0. The van der Waals surface area contributed by atoms with Crippen molar-refractivity contribution in [3.8, 4) is 0 Å². The van der Waals surface area contributed by atoms with Gasteiger partial charge >= 0.3 is 12.3 Å². The molecule has 9 heteroatoms. The molecule has 0 aromatic carbocycles. The summed E-state index contributed by atoms with van der Waals surface area (Å²) in [5.74, 6) is 0.867. The number of hydrogen-bond acceptors (Lipinski definition) is 9. The standard InChI is InChI=1S/C52H103NO8/c1-5-9-13-17-21-27-35-49(36-28-22-18-14-10-6-2)47-60-51(55)58-43-33-25-31-39-53(41-45-57-46-42-54)40-32-26-34-44-59-52(56)61-48-50(37-29-23-19-15-11-7-3)38-30-24-20-16-12-8-4/h49-50,54H,5-48H2,1-4H3. The Balaban J connectivity index is 4.44. The van der Waals surface area contributed by atoms with Crippen LogP contribution in [0, 0.1) is 11.8 Å². The molecule has 0 saturated carbocycles. The van der Waals surface area contributed by atoms with Crippen molar-refractivity contribution in [2.24, 2.45) is 11.8 Å². The molecule has 0 aromatic rings. The maximum atomic E-state index is 12.5. The lowest BCUT2D eigenvalue weighted by atomic mass is 9.95. The number of aliphatic hydroxyl groups is 1. The van der Waals surface area contributed by atoms with Crippen molar-refractivity contribution >= 4 is 12.3 Å². The molecular weight excluding hydrogens is 767 g/mol. The molecule has 0 aliphatic carbocycles. The molecule has 0 aliphatic heterocycles. The summed E-state index contributed by atoms with van der Waals surface area (Å²) in [7, 11) is 0. The van der Waals surface area contributed by atoms with Gasteiger partial charge in [-0.05, 0) is 89.1 Å². The summed E-state index contributed by atoms with van der Waals surface area (Å²) in [6.07, 6.45) is 40.0. The zero-order chi connectivity index (χ0) is 44.5. The lowest BCUT2D eigenvalue weighted by Crippen LogP contribution is -2.30. The largest absolute Gasteiger partial charge is 0.508 e. The van der Waals surface area contributed by atoms with Gasteiger partial charge in [0, 0.05) is 6.54 Å². The van der Waals surface area contributed by atoms with Crippen molar-refractivity contribution < 1.29 is 38.4 Å². The molecule has 0 atom stereocenters. The van der Waals surface area contributed by atoms with Crippen molar-refractivity contribution in [1.29, 1.82) is 0 Å². The molecule has 0 aromatic heterocycles. The SMILES string of the molecule is CCCCCCCCC(CCCCCCCC)COC(=O)OCCCCCN(CCCCCOC(=O)OCC(CCCCCCCC)CCCCCCCC)CCOCCO. The summed E-state index contributed by atoms with van der Waals surface area (Å²) < 4.78 is 27.8. The number of carbonyl (C=O) groups excluding carboxylic acids is 2. The molecule has 0 heterocycles. The van der Waals surface area contributed by atoms with Crippen molar-refractivity contribution in [3.63, 3.8) is 0 Å². The van der Waals surface area contributed by atoms with Gasteiger partial charge in [-0.1, -0.05) is 182 Å². The molecule has 61 heavy (non-hydrogen) atoms. The summed E-state index contributed by atoms with van der Waals surface area (Å²) in [4.78, 5) is 27.3. The van der Waals surface area contributed by atoms with Crippen LogP contribution in [0.15, 0.2) is 0 Å². The number of nitrogens with zero attached hydrogens (tertiary/aromatic N) is 1. The van der Waals surface area contributed by atoms with E-state index < -0.39 is 12.3 Å². The maximum absolute atomic E-state index is 12.5. The third-order valence-electron chi connectivity index (χ3n) is 12.2. The number of unbranched alkanes of at least 4 members (excludes halogenated alkanes) is 24. The molecule has 0 radical (unpaired) electrons. The molecule has 9 nitrogen and oxygen atoms in total. The Kier molecular flexibility index (Phi) is 48.2. The first-order valence-electron chi connectivity index (χ1n) is 26.5. The molecule has 0 saturated heterocycles. The third kappa shape index (κ3) is 44.8. The minimum absolute atomic E-state index is 0.0304. The summed E-state index contributed by atoms with van der Waals surface area (Å²) in [5.41, 5.74) is 0. The number of hydrogen-bond donors (Lipinski definition) is 1. The van der Waals surface area contributed by atoms with Crippen LogP contribution in [-0.4, -0.2) is 88.2 Å². The fourth-order valence-electron chi connectivity index (χ4n) is 8.17. The molecule has 0 rings (SSSR count). The van der Waals surface area contributed by atoms with E-state index in [-0.39, 0.29) is 6.61 Å². The van der Waals surface area contributed by atoms with Gasteiger partial charge in [0.1, 0.15) is 0 Å². The van der Waals surface area contributed by atoms with Crippen LogP contribution in [0.3, 0.4) is 0 Å². The van der Waals surface area contributed by atoms with Crippen LogP contribution in [0.4, 0.5) is 9.59 Å². The predicted molar refractivity (Wildman–Crippen MR) is 256 cm³/mol. The van der Waals surface area contributed by atoms with Crippen LogP contribution in [-0.2, 0) is 23.7 Å². The van der Waals surface area contributed by atoms with Crippen molar-refractivity contribution in [1.82, 2.24) is 4.90 Å². The van der Waals surface area contributed by atoms with Gasteiger partial charge in [-0.15, -0.1) is 0 Å². The Labute approximate surface area is 378 Å². The normalized spacial score (nSPS) is 11.6. The quantitative estimate of drug-likeness (QED) is 0.0473. The second kappa shape index (κ2) is 49.4. The average molecular weight is 870 g/mol. The molecular formula is C52H103NO8. The Morgan fingerprint density at radius 1 is 0.377 bits per heavy atom. The lowest BCUT2D eigenvalue weighted by molar-refractivity contribution is 0.0399. The van der Waals surface area contributed by atoms with Gasteiger partial charge < -0.3 is 33.7 Å². The molecule has 0 fully saturated rings. The van der Waals surface area contributed by atoms with Gasteiger partial charge in [0.15, 0.2) is 0 Å². The summed E-state index contributed by atoms with van der Waals surface area (Å²) >= 11 is 0. The number of rotatable bonds is 49. The van der Waals surface area contributed by atoms with Gasteiger partial charge in [-0.25, -0.2) is 9.59 Å². The number of carbonyl (C=O) groups is 2. The highest BCUT2D eigenvalue weighted by Gasteiger charge is 2.15. The summed E-state index contributed by atoms with van der Waals surface area (Å²) in [6.45, 7) is 14.4. The van der Waals surface area contributed by atoms with Gasteiger partial charge in [-0.3, -0.25) is 0 Å². The van der Waals surface area contributed by atoms with E-state index in [2.05, 4.69) is 32.6 Å². The smallest absolute Gasteiger partial charge is 0.434 e. The van der Waals surface area contributed by atoms with Crippen LogP contribution in [0.2, 0.25) is 0 Å². The Morgan fingerprint density at radius 3 is 1.05 bits per heavy atom. The number of aliphatic hydroxyl groups excluding tert-OH is 1. The zero-order valence-electron chi connectivity index (χ0n) is 41.0. The van der Waals surface area contributed by atoms with Crippen LogP contribution in [0.5, 0.6) is 0 Å². The highest BCUT2D eigenvalue weighted by atomic mass is 16.7. The van der Waals surface area contributed by atoms with Crippen molar-refractivity contribution in [2.75, 3.05) is 65.9 Å². The fourth-order valence-corrected chi connectivity index (χ4v) is 8.17. The summed E-state index contributed by atoms with van der Waals surface area (Å²) in [6, 6.07) is 0. The molecule has 0 unspecified atom stereocenters. The topological polar surface area (TPSA) is 104 Å². The van der Waals surface area contributed by atoms with E-state index in [0.717, 1.165) is 83.8 Å². The highest BCUT2D eigenvalue weighted by molar-refractivity contribution is 5.60. The van der Waals surface area contributed by atoms with Crippen LogP contribution < -0.4 is 0 Å². The second-order valence-corrected chi connectivity index (χ2v) is 18.1. The molecule has 0 aliphatic rings. The molecule has 1 N–H and O–H groups in total. The average Bonchev–Trinajstić information content (AvgIpc) is 3.26. The Bertz CT molecular complexity index is 795. The van der Waals surface area contributed by atoms with E-state index in [1.165, 1.54) is 154 Å². The fraction of sp³-hybridized carbons (Fsp3) is 0.962. The summed E-state index contributed by atoms with van der Waals surface area (Å²) in [5, 5.41) is 9.12. The molecule has 0 bridgehead atoms. The van der Waals surface area contributed by atoms with E-state index in [9.17, 15) is 9.59 Å². The Morgan fingerprint density at radius 2 is 0.705 bits per heavy atom. The zero-order valence-corrected chi connectivity index (χ0v) is 41.0. The first kappa shape index (κ1) is 59.4. The molecule has 0 amide bonds. The first-order valence-corrected chi connectivity index (χ1v) is 26.5.